The van der Waals surface area contributed by atoms with Gasteiger partial charge in [-0.15, -0.1) is 0 Å². The van der Waals surface area contributed by atoms with Crippen molar-refractivity contribution < 1.29 is 4.74 Å². The molecule has 1 saturated heterocycles. The minimum Gasteiger partial charge on any atom is -0.357 e. The molecule has 1 fully saturated rings. The molecule has 1 N–H and O–H groups in total. The molecule has 2 rings (SSSR count). The fourth-order valence-electron chi connectivity index (χ4n) is 1.69. The Kier molecular flexibility index (Phi) is 2.85. The van der Waals surface area contributed by atoms with Gasteiger partial charge in [-0.05, 0) is 18.9 Å². The van der Waals surface area contributed by atoms with Crippen LogP contribution in [-0.2, 0) is 4.74 Å². The van der Waals surface area contributed by atoms with E-state index in [4.69, 9.17) is 4.74 Å². The summed E-state index contributed by atoms with van der Waals surface area (Å²) in [5.41, 5.74) is 2.52. The van der Waals surface area contributed by atoms with Crippen molar-refractivity contribution in [2.75, 3.05) is 6.61 Å². The van der Waals surface area contributed by atoms with Gasteiger partial charge in [0, 0.05) is 6.04 Å². The summed E-state index contributed by atoms with van der Waals surface area (Å²) in [6.07, 6.45) is 1.23. The third-order valence-corrected chi connectivity index (χ3v) is 2.72. The molecule has 14 heavy (non-hydrogen) atoms. The number of ether oxygens (including phenoxy) is 1. The summed E-state index contributed by atoms with van der Waals surface area (Å²) in [6, 6.07) is 9.02. The molecule has 2 atom stereocenters. The van der Waals surface area contributed by atoms with Gasteiger partial charge in [0.25, 0.3) is 0 Å². The molecular weight excluding hydrogens is 174 g/mol. The molecule has 2 unspecified atom stereocenters. The zero-order valence-corrected chi connectivity index (χ0v) is 8.79. The first-order valence-corrected chi connectivity index (χ1v) is 5.24. The Morgan fingerprint density at radius 2 is 2.07 bits per heavy atom. The highest BCUT2D eigenvalue weighted by Crippen LogP contribution is 2.21. The average molecular weight is 191 g/mol. The predicted octanol–water partition coefficient (Wildman–Crippen LogP) is 2.39. The van der Waals surface area contributed by atoms with Gasteiger partial charge in [-0.25, -0.2) is 0 Å². The number of nitrogens with one attached hydrogen (secondary N) is 1. The summed E-state index contributed by atoms with van der Waals surface area (Å²) >= 11 is 0. The molecule has 0 spiro atoms. The first-order chi connectivity index (χ1) is 6.79. The minimum atomic E-state index is 0.0977. The van der Waals surface area contributed by atoms with Gasteiger partial charge in [-0.3, -0.25) is 5.32 Å². The lowest BCUT2D eigenvalue weighted by Crippen LogP contribution is -2.24. The third-order valence-electron chi connectivity index (χ3n) is 2.72. The quantitative estimate of drug-likeness (QED) is 0.775. The molecule has 2 heteroatoms. The van der Waals surface area contributed by atoms with E-state index in [1.165, 1.54) is 11.1 Å². The van der Waals surface area contributed by atoms with Crippen molar-refractivity contribution in [3.05, 3.63) is 35.4 Å². The molecule has 0 radical (unpaired) electrons. The first-order valence-electron chi connectivity index (χ1n) is 5.24. The second kappa shape index (κ2) is 4.11. The van der Waals surface area contributed by atoms with Crippen LogP contribution < -0.4 is 5.32 Å². The third kappa shape index (κ3) is 1.97. The van der Waals surface area contributed by atoms with Crippen LogP contribution in [0, 0.1) is 6.92 Å². The molecule has 1 aliphatic rings. The summed E-state index contributed by atoms with van der Waals surface area (Å²) in [4.78, 5) is 0. The lowest BCUT2D eigenvalue weighted by Gasteiger charge is -2.11. The molecule has 1 aliphatic heterocycles. The van der Waals surface area contributed by atoms with E-state index in [0.717, 1.165) is 13.0 Å². The van der Waals surface area contributed by atoms with Crippen molar-refractivity contribution in [1.29, 1.82) is 0 Å². The molecule has 0 aliphatic carbocycles. The van der Waals surface area contributed by atoms with Crippen LogP contribution in [0.1, 0.15) is 30.7 Å². The molecule has 1 heterocycles. The molecule has 0 aromatic heterocycles. The van der Waals surface area contributed by atoms with Crippen LogP contribution in [-0.4, -0.2) is 12.6 Å². The zero-order chi connectivity index (χ0) is 9.97. The zero-order valence-electron chi connectivity index (χ0n) is 8.79. The monoisotopic (exact) mass is 191 g/mol. The Morgan fingerprint density at radius 1 is 1.36 bits per heavy atom. The Labute approximate surface area is 85.3 Å². The summed E-state index contributed by atoms with van der Waals surface area (Å²) in [5.74, 6) is 0. The van der Waals surface area contributed by atoms with E-state index >= 15 is 0 Å². The molecule has 1 aromatic rings. The Balaban J connectivity index is 2.06. The summed E-state index contributed by atoms with van der Waals surface area (Å²) in [5, 5.41) is 3.45. The van der Waals surface area contributed by atoms with E-state index < -0.39 is 0 Å². The number of hydrogen-bond acceptors (Lipinski definition) is 2. The average Bonchev–Trinajstić information content (AvgIpc) is 2.67. The van der Waals surface area contributed by atoms with Crippen molar-refractivity contribution in [1.82, 2.24) is 5.32 Å². The largest absolute Gasteiger partial charge is 0.357 e. The topological polar surface area (TPSA) is 21.3 Å². The number of hydrogen-bond donors (Lipinski definition) is 1. The lowest BCUT2D eigenvalue weighted by molar-refractivity contribution is 0.101. The van der Waals surface area contributed by atoms with Gasteiger partial charge < -0.3 is 4.74 Å². The second-order valence-electron chi connectivity index (χ2n) is 3.90. The van der Waals surface area contributed by atoms with Crippen LogP contribution in [0.4, 0.5) is 0 Å². The summed E-state index contributed by atoms with van der Waals surface area (Å²) in [6.45, 7) is 5.11. The van der Waals surface area contributed by atoms with Crippen molar-refractivity contribution in [2.24, 2.45) is 0 Å². The van der Waals surface area contributed by atoms with Crippen molar-refractivity contribution in [3.63, 3.8) is 0 Å². The van der Waals surface area contributed by atoms with Crippen LogP contribution in [0.2, 0.25) is 0 Å². The first kappa shape index (κ1) is 9.69. The van der Waals surface area contributed by atoms with Gasteiger partial charge in [-0.2, -0.15) is 0 Å². The molecule has 0 saturated carbocycles. The number of rotatable bonds is 2. The molecule has 76 valence electrons. The highest BCUT2D eigenvalue weighted by Gasteiger charge is 2.23. The van der Waals surface area contributed by atoms with Crippen molar-refractivity contribution >= 4 is 0 Å². The van der Waals surface area contributed by atoms with Crippen molar-refractivity contribution in [2.45, 2.75) is 32.5 Å². The highest BCUT2D eigenvalue weighted by atomic mass is 16.5. The molecule has 1 aromatic carbocycles. The normalized spacial score (nSPS) is 26.7. The summed E-state index contributed by atoms with van der Waals surface area (Å²) in [7, 11) is 0. The maximum Gasteiger partial charge on any atom is 0.134 e. The maximum absolute atomic E-state index is 5.67. The molecule has 0 amide bonds. The maximum atomic E-state index is 5.67. The Bertz CT molecular complexity index is 294. The van der Waals surface area contributed by atoms with E-state index in [2.05, 4.69) is 43.4 Å². The standard InChI is InChI=1S/C12H17NO/c1-3-11-8-14-12(13-11)10-6-4-9(2)5-7-10/h4-7,11-13H,3,8H2,1-2H3. The van der Waals surface area contributed by atoms with Gasteiger partial charge in [0.1, 0.15) is 6.23 Å². The van der Waals surface area contributed by atoms with Gasteiger partial charge in [0.05, 0.1) is 6.61 Å². The molecule has 0 bridgehead atoms. The minimum absolute atomic E-state index is 0.0977. The Hall–Kier alpha value is -0.860. The van der Waals surface area contributed by atoms with Gasteiger partial charge >= 0.3 is 0 Å². The molecular formula is C12H17NO. The van der Waals surface area contributed by atoms with Gasteiger partial charge in [-0.1, -0.05) is 36.8 Å². The number of benzene rings is 1. The SMILES string of the molecule is CCC1COC(c2ccc(C)cc2)N1. The van der Waals surface area contributed by atoms with E-state index in [0.29, 0.717) is 6.04 Å². The predicted molar refractivity (Wildman–Crippen MR) is 57.1 cm³/mol. The molecule has 2 nitrogen and oxygen atoms in total. The van der Waals surface area contributed by atoms with E-state index in [9.17, 15) is 0 Å². The lowest BCUT2D eigenvalue weighted by atomic mass is 10.1. The van der Waals surface area contributed by atoms with Crippen LogP contribution in [0.3, 0.4) is 0 Å². The fourth-order valence-corrected chi connectivity index (χ4v) is 1.69. The van der Waals surface area contributed by atoms with Crippen molar-refractivity contribution in [3.8, 4) is 0 Å². The van der Waals surface area contributed by atoms with Crippen LogP contribution in [0.15, 0.2) is 24.3 Å². The van der Waals surface area contributed by atoms with E-state index in [-0.39, 0.29) is 6.23 Å². The van der Waals surface area contributed by atoms with Gasteiger partial charge in [0.2, 0.25) is 0 Å². The van der Waals surface area contributed by atoms with E-state index in [1.54, 1.807) is 0 Å². The van der Waals surface area contributed by atoms with Gasteiger partial charge in [0.15, 0.2) is 0 Å². The second-order valence-corrected chi connectivity index (χ2v) is 3.90. The van der Waals surface area contributed by atoms with E-state index in [1.807, 2.05) is 0 Å². The number of aryl methyl sites for hydroxylation is 1. The Morgan fingerprint density at radius 3 is 2.64 bits per heavy atom. The fraction of sp³-hybridized carbons (Fsp3) is 0.500. The van der Waals surface area contributed by atoms with Crippen LogP contribution in [0.5, 0.6) is 0 Å². The smallest absolute Gasteiger partial charge is 0.134 e. The highest BCUT2D eigenvalue weighted by molar-refractivity contribution is 5.23. The van der Waals surface area contributed by atoms with Crippen LogP contribution in [0.25, 0.3) is 0 Å². The van der Waals surface area contributed by atoms with Crippen LogP contribution >= 0.6 is 0 Å². The summed E-state index contributed by atoms with van der Waals surface area (Å²) < 4.78 is 5.67.